The van der Waals surface area contributed by atoms with Crippen molar-refractivity contribution in [1.82, 2.24) is 24.8 Å². The predicted molar refractivity (Wildman–Crippen MR) is 103 cm³/mol. The highest BCUT2D eigenvalue weighted by molar-refractivity contribution is 14.1. The zero-order valence-corrected chi connectivity index (χ0v) is 16.9. The van der Waals surface area contributed by atoms with E-state index in [1.807, 2.05) is 48.3 Å². The third kappa shape index (κ3) is 3.65. The fourth-order valence-electron chi connectivity index (χ4n) is 3.40. The largest absolute Gasteiger partial charge is 0.436 e. The summed E-state index contributed by atoms with van der Waals surface area (Å²) in [5.74, 6) is 0.316. The highest BCUT2D eigenvalue weighted by Gasteiger charge is 2.36. The maximum atomic E-state index is 13.0. The van der Waals surface area contributed by atoms with Crippen LogP contribution in [0.3, 0.4) is 0 Å². The molecule has 25 heavy (non-hydrogen) atoms. The van der Waals surface area contributed by atoms with Crippen molar-refractivity contribution in [2.24, 2.45) is 0 Å². The van der Waals surface area contributed by atoms with Gasteiger partial charge in [0.05, 0.1) is 5.39 Å². The van der Waals surface area contributed by atoms with Crippen LogP contribution >= 0.6 is 22.6 Å². The van der Waals surface area contributed by atoms with Crippen LogP contribution in [0.1, 0.15) is 52.9 Å². The van der Waals surface area contributed by atoms with Crippen LogP contribution in [-0.2, 0) is 0 Å². The fraction of sp³-hybridized carbons (Fsp3) is 0.625. The summed E-state index contributed by atoms with van der Waals surface area (Å²) in [4.78, 5) is 29.7. The summed E-state index contributed by atoms with van der Waals surface area (Å²) in [7, 11) is 0. The van der Waals surface area contributed by atoms with E-state index in [0.717, 1.165) is 30.5 Å². The molecule has 1 fully saturated rings. The highest BCUT2D eigenvalue weighted by atomic mass is 127. The van der Waals surface area contributed by atoms with E-state index < -0.39 is 6.09 Å². The zero-order valence-electron chi connectivity index (χ0n) is 14.7. The van der Waals surface area contributed by atoms with Gasteiger partial charge in [0.1, 0.15) is 15.8 Å². The first kappa shape index (κ1) is 18.2. The molecule has 0 aromatic carbocycles. The standard InChI is InChI=1S/C16H23IN6O2/c1-16(2,3)22(10-7-5-4-6-8-10)15(24)25-23-14-11(12(17)21-23)13(18)19-9-20-14/h9-10H,4-8H2,1-3H3,(H2,18,19,20). The normalized spacial score (nSPS) is 16.2. The van der Waals surface area contributed by atoms with E-state index in [1.165, 1.54) is 12.7 Å². The molecule has 1 saturated carbocycles. The van der Waals surface area contributed by atoms with Gasteiger partial charge in [0.15, 0.2) is 0 Å². The van der Waals surface area contributed by atoms with Crippen LogP contribution in [0.15, 0.2) is 6.33 Å². The minimum absolute atomic E-state index is 0.182. The molecular weight excluding hydrogens is 435 g/mol. The molecule has 2 heterocycles. The monoisotopic (exact) mass is 458 g/mol. The number of aromatic nitrogens is 4. The molecule has 0 unspecified atom stereocenters. The number of fused-ring (bicyclic) bond motifs is 1. The SMILES string of the molecule is CC(C)(C)N(C(=O)On1nc(I)c2c(N)ncnc21)C1CCCCC1. The Morgan fingerprint density at radius 1 is 1.32 bits per heavy atom. The van der Waals surface area contributed by atoms with Crippen molar-refractivity contribution >= 4 is 45.5 Å². The Kier molecular flexibility index (Phi) is 5.03. The topological polar surface area (TPSA) is 99.2 Å². The maximum Gasteiger partial charge on any atom is 0.436 e. The van der Waals surface area contributed by atoms with Crippen LogP contribution in [0, 0.1) is 3.70 Å². The first-order valence-corrected chi connectivity index (χ1v) is 9.53. The Balaban J connectivity index is 1.90. The van der Waals surface area contributed by atoms with E-state index >= 15 is 0 Å². The van der Waals surface area contributed by atoms with Crippen molar-refractivity contribution in [1.29, 1.82) is 0 Å². The van der Waals surface area contributed by atoms with E-state index in [4.69, 9.17) is 10.6 Å². The molecule has 0 saturated heterocycles. The van der Waals surface area contributed by atoms with Gasteiger partial charge in [-0.25, -0.2) is 14.8 Å². The van der Waals surface area contributed by atoms with Gasteiger partial charge in [-0.2, -0.15) is 0 Å². The van der Waals surface area contributed by atoms with Crippen LogP contribution in [0.5, 0.6) is 0 Å². The number of rotatable bonds is 2. The van der Waals surface area contributed by atoms with Gasteiger partial charge in [-0.1, -0.05) is 24.1 Å². The van der Waals surface area contributed by atoms with Gasteiger partial charge < -0.3 is 5.73 Å². The summed E-state index contributed by atoms with van der Waals surface area (Å²) in [5, 5.41) is 4.84. The van der Waals surface area contributed by atoms with E-state index in [2.05, 4.69) is 15.1 Å². The van der Waals surface area contributed by atoms with Crippen LogP contribution in [0.25, 0.3) is 11.0 Å². The van der Waals surface area contributed by atoms with Crippen molar-refractivity contribution in [2.75, 3.05) is 5.73 Å². The average Bonchev–Trinajstić information content (AvgIpc) is 2.84. The van der Waals surface area contributed by atoms with Crippen molar-refractivity contribution in [3.05, 3.63) is 10.0 Å². The number of carbonyl (C=O) groups excluding carboxylic acids is 1. The second-order valence-corrected chi connectivity index (χ2v) is 8.33. The molecule has 0 atom stereocenters. The molecule has 2 aromatic heterocycles. The molecule has 0 radical (unpaired) electrons. The smallest absolute Gasteiger partial charge is 0.383 e. The number of halogens is 1. The molecule has 1 amide bonds. The Hall–Kier alpha value is -1.65. The van der Waals surface area contributed by atoms with Crippen LogP contribution in [0.4, 0.5) is 10.6 Å². The number of hydrogen-bond donors (Lipinski definition) is 1. The van der Waals surface area contributed by atoms with E-state index in [1.54, 1.807) is 0 Å². The van der Waals surface area contributed by atoms with Gasteiger partial charge in [-0.15, -0.1) is 5.10 Å². The summed E-state index contributed by atoms with van der Waals surface area (Å²) in [6, 6.07) is 0.182. The summed E-state index contributed by atoms with van der Waals surface area (Å²) >= 11 is 2.03. The van der Waals surface area contributed by atoms with Gasteiger partial charge in [0.2, 0.25) is 5.65 Å². The molecule has 9 heteroatoms. The molecule has 8 nitrogen and oxygen atoms in total. The first-order valence-electron chi connectivity index (χ1n) is 8.45. The van der Waals surface area contributed by atoms with E-state index in [9.17, 15) is 4.79 Å². The summed E-state index contributed by atoms with van der Waals surface area (Å²) in [6.45, 7) is 6.07. The van der Waals surface area contributed by atoms with Crippen LogP contribution in [0.2, 0.25) is 0 Å². The van der Waals surface area contributed by atoms with Gasteiger partial charge in [-0.3, -0.25) is 9.74 Å². The third-order valence-electron chi connectivity index (χ3n) is 4.45. The van der Waals surface area contributed by atoms with Gasteiger partial charge in [-0.05, 0) is 56.2 Å². The predicted octanol–water partition coefficient (Wildman–Crippen LogP) is 2.99. The molecule has 1 aliphatic rings. The molecule has 0 aliphatic heterocycles. The second kappa shape index (κ2) is 6.93. The van der Waals surface area contributed by atoms with Crippen molar-refractivity contribution < 1.29 is 9.63 Å². The minimum atomic E-state index is -0.419. The summed E-state index contributed by atoms with van der Waals surface area (Å²) in [6.07, 6.45) is 6.41. The Morgan fingerprint density at radius 3 is 2.64 bits per heavy atom. The molecule has 2 N–H and O–H groups in total. The second-order valence-electron chi connectivity index (χ2n) is 7.31. The number of nitrogens with two attached hydrogens (primary N) is 1. The number of nitrogens with zero attached hydrogens (tertiary/aromatic N) is 5. The maximum absolute atomic E-state index is 13.0. The van der Waals surface area contributed by atoms with Crippen molar-refractivity contribution in [3.8, 4) is 0 Å². The summed E-state index contributed by atoms with van der Waals surface area (Å²) < 4.78 is 0.596. The highest BCUT2D eigenvalue weighted by Crippen LogP contribution is 2.29. The Morgan fingerprint density at radius 2 is 2.00 bits per heavy atom. The Bertz CT molecular complexity index is 779. The van der Waals surface area contributed by atoms with Crippen LogP contribution in [-0.4, -0.2) is 42.5 Å². The lowest BCUT2D eigenvalue weighted by atomic mass is 9.91. The number of hydrogen-bond acceptors (Lipinski definition) is 6. The molecule has 0 bridgehead atoms. The van der Waals surface area contributed by atoms with Crippen LogP contribution < -0.4 is 10.6 Å². The van der Waals surface area contributed by atoms with Gasteiger partial charge >= 0.3 is 6.09 Å². The van der Waals surface area contributed by atoms with E-state index in [0.29, 0.717) is 20.6 Å². The minimum Gasteiger partial charge on any atom is -0.383 e. The van der Waals surface area contributed by atoms with Gasteiger partial charge in [0, 0.05) is 11.6 Å². The molecular formula is C16H23IN6O2. The molecule has 1 aliphatic carbocycles. The number of nitrogen functional groups attached to an aromatic ring is 1. The fourth-order valence-corrected chi connectivity index (χ4v) is 4.11. The van der Waals surface area contributed by atoms with Crippen molar-refractivity contribution in [2.45, 2.75) is 64.5 Å². The van der Waals surface area contributed by atoms with Gasteiger partial charge in [0.25, 0.3) is 0 Å². The third-order valence-corrected chi connectivity index (χ3v) is 5.20. The molecule has 0 spiro atoms. The number of amides is 1. The zero-order chi connectivity index (χ0) is 18.2. The van der Waals surface area contributed by atoms with E-state index in [-0.39, 0.29) is 11.6 Å². The Labute approximate surface area is 160 Å². The summed E-state index contributed by atoms with van der Waals surface area (Å²) in [5.41, 5.74) is 5.93. The molecule has 136 valence electrons. The van der Waals surface area contributed by atoms with Crippen molar-refractivity contribution in [3.63, 3.8) is 0 Å². The average molecular weight is 458 g/mol. The quantitative estimate of drug-likeness (QED) is 0.695. The lowest BCUT2D eigenvalue weighted by Crippen LogP contribution is -2.54. The molecule has 3 rings (SSSR count). The molecule has 2 aromatic rings. The lowest BCUT2D eigenvalue weighted by molar-refractivity contribution is 0.0238. The lowest BCUT2D eigenvalue weighted by Gasteiger charge is -2.42. The number of carbonyl (C=O) groups is 1. The first-order chi connectivity index (χ1) is 11.8. The number of anilines is 1.